The maximum absolute atomic E-state index is 11.8. The largest absolute Gasteiger partial charge is 0.463 e. The fraction of sp³-hybridized carbons (Fsp3) is 0.0556. The Morgan fingerprint density at radius 3 is 2.70 bits per heavy atom. The molecule has 0 saturated carbocycles. The van der Waals surface area contributed by atoms with Gasteiger partial charge < -0.3 is 9.15 Å². The van der Waals surface area contributed by atoms with Crippen LogP contribution >= 0.6 is 0 Å². The Kier molecular flexibility index (Phi) is 4.12. The number of rotatable bonds is 4. The molecule has 5 nitrogen and oxygen atoms in total. The normalized spacial score (nSPS) is 11.5. The number of nitrogens with one attached hydrogen (secondary N) is 1. The van der Waals surface area contributed by atoms with E-state index in [0.29, 0.717) is 17.0 Å². The van der Waals surface area contributed by atoms with Crippen LogP contribution in [0.1, 0.15) is 6.92 Å². The molecule has 0 atom stereocenters. The Labute approximate surface area is 132 Å². The Bertz CT molecular complexity index is 913. The van der Waals surface area contributed by atoms with Gasteiger partial charge in [-0.25, -0.2) is 4.79 Å². The Morgan fingerprint density at radius 2 is 1.96 bits per heavy atom. The van der Waals surface area contributed by atoms with Crippen LogP contribution in [0.3, 0.4) is 0 Å². The number of benzene rings is 2. The van der Waals surface area contributed by atoms with Crippen LogP contribution in [0.4, 0.5) is 0 Å². The average Bonchev–Trinajstić information content (AvgIpc) is 2.59. The van der Waals surface area contributed by atoms with E-state index in [1.165, 1.54) is 12.3 Å². The van der Waals surface area contributed by atoms with E-state index in [0.717, 1.165) is 16.5 Å². The summed E-state index contributed by atoms with van der Waals surface area (Å²) in [6.07, 6.45) is 1.36. The molecule has 0 spiro atoms. The van der Waals surface area contributed by atoms with E-state index < -0.39 is 5.63 Å². The second kappa shape index (κ2) is 6.37. The smallest absolute Gasteiger partial charge is 0.336 e. The van der Waals surface area contributed by atoms with Gasteiger partial charge in [-0.15, -0.1) is 0 Å². The topological polar surface area (TPSA) is 71.7 Å². The fourth-order valence-electron chi connectivity index (χ4n) is 2.26. The van der Waals surface area contributed by atoms with Gasteiger partial charge in [0, 0.05) is 17.5 Å². The zero-order chi connectivity index (χ0) is 16.2. The molecule has 23 heavy (non-hydrogen) atoms. The number of hydrogen-bond donors (Lipinski definition) is 2. The van der Waals surface area contributed by atoms with E-state index in [1.807, 2.05) is 41.9 Å². The monoisotopic (exact) mass is 309 g/mol. The first-order valence-corrected chi connectivity index (χ1v) is 7.04. The molecule has 0 amide bonds. The van der Waals surface area contributed by atoms with E-state index in [2.05, 4.69) is 0 Å². The van der Waals surface area contributed by atoms with E-state index in [1.54, 1.807) is 19.1 Å². The van der Waals surface area contributed by atoms with Crippen molar-refractivity contribution < 1.29 is 14.4 Å². The van der Waals surface area contributed by atoms with Crippen LogP contribution in [-0.4, -0.2) is 5.21 Å². The second-order valence-electron chi connectivity index (χ2n) is 5.03. The van der Waals surface area contributed by atoms with Gasteiger partial charge in [0.25, 0.3) is 0 Å². The molecule has 0 aliphatic carbocycles. The lowest BCUT2D eigenvalue weighted by molar-refractivity contribution is 0.197. The van der Waals surface area contributed by atoms with Gasteiger partial charge in [0.05, 0.1) is 5.70 Å². The zero-order valence-corrected chi connectivity index (χ0v) is 12.4. The lowest BCUT2D eigenvalue weighted by Gasteiger charge is -2.07. The predicted molar refractivity (Wildman–Crippen MR) is 87.2 cm³/mol. The van der Waals surface area contributed by atoms with E-state index in [4.69, 9.17) is 14.4 Å². The molecule has 0 radical (unpaired) electrons. The van der Waals surface area contributed by atoms with Crippen LogP contribution in [0.2, 0.25) is 0 Å². The fourth-order valence-corrected chi connectivity index (χ4v) is 2.26. The summed E-state index contributed by atoms with van der Waals surface area (Å²) in [5, 5.41) is 9.55. The third-order valence-electron chi connectivity index (χ3n) is 3.35. The van der Waals surface area contributed by atoms with Crippen molar-refractivity contribution in [3.05, 3.63) is 77.0 Å². The first-order chi connectivity index (χ1) is 11.2. The van der Waals surface area contributed by atoms with Crippen molar-refractivity contribution in [3.8, 4) is 16.9 Å². The van der Waals surface area contributed by atoms with Crippen molar-refractivity contribution in [3.63, 3.8) is 0 Å². The maximum atomic E-state index is 11.8. The molecular formula is C18H15NO4. The van der Waals surface area contributed by atoms with Gasteiger partial charge in [0.2, 0.25) is 0 Å². The zero-order valence-electron chi connectivity index (χ0n) is 12.4. The minimum atomic E-state index is -0.419. The summed E-state index contributed by atoms with van der Waals surface area (Å²) in [6.45, 7) is 1.65. The van der Waals surface area contributed by atoms with E-state index >= 15 is 0 Å². The number of allylic oxidation sites excluding steroid dienone is 1. The molecule has 0 aliphatic heterocycles. The van der Waals surface area contributed by atoms with Crippen molar-refractivity contribution in [1.82, 2.24) is 5.48 Å². The van der Waals surface area contributed by atoms with Crippen LogP contribution in [0.5, 0.6) is 5.75 Å². The van der Waals surface area contributed by atoms with Crippen molar-refractivity contribution in [1.29, 1.82) is 0 Å². The first-order valence-electron chi connectivity index (χ1n) is 7.04. The Morgan fingerprint density at radius 1 is 1.17 bits per heavy atom. The molecule has 2 aromatic carbocycles. The quantitative estimate of drug-likeness (QED) is 0.437. The molecule has 0 aliphatic rings. The van der Waals surface area contributed by atoms with Gasteiger partial charge in [-0.05, 0) is 30.2 Å². The van der Waals surface area contributed by atoms with Gasteiger partial charge >= 0.3 is 5.63 Å². The number of fused-ring (bicyclic) bond motifs is 1. The van der Waals surface area contributed by atoms with Crippen molar-refractivity contribution in [2.45, 2.75) is 6.92 Å². The van der Waals surface area contributed by atoms with Crippen molar-refractivity contribution in [2.75, 3.05) is 0 Å². The minimum absolute atomic E-state index is 0.419. The Balaban J connectivity index is 2.09. The van der Waals surface area contributed by atoms with Gasteiger partial charge in [0.1, 0.15) is 17.6 Å². The highest BCUT2D eigenvalue weighted by atomic mass is 16.5. The van der Waals surface area contributed by atoms with Crippen molar-refractivity contribution in [2.24, 2.45) is 0 Å². The molecule has 116 valence electrons. The average molecular weight is 309 g/mol. The molecule has 0 unspecified atom stereocenters. The molecule has 3 aromatic rings. The third-order valence-corrected chi connectivity index (χ3v) is 3.35. The summed E-state index contributed by atoms with van der Waals surface area (Å²) in [4.78, 5) is 11.8. The summed E-state index contributed by atoms with van der Waals surface area (Å²) >= 11 is 0. The molecule has 2 N–H and O–H groups in total. The van der Waals surface area contributed by atoms with E-state index in [-0.39, 0.29) is 0 Å². The summed E-state index contributed by atoms with van der Waals surface area (Å²) in [5.41, 5.74) is 4.20. The van der Waals surface area contributed by atoms with E-state index in [9.17, 15) is 4.79 Å². The highest BCUT2D eigenvalue weighted by Gasteiger charge is 2.08. The SMILES string of the molecule is C/C(=C\Oc1ccc2c(-c3ccccc3)cc(=O)oc2c1)NO. The number of ether oxygens (including phenoxy) is 1. The molecule has 1 heterocycles. The van der Waals surface area contributed by atoms with Crippen LogP contribution in [-0.2, 0) is 0 Å². The van der Waals surface area contributed by atoms with Gasteiger partial charge in [-0.3, -0.25) is 10.7 Å². The second-order valence-corrected chi connectivity index (χ2v) is 5.03. The van der Waals surface area contributed by atoms with Crippen molar-refractivity contribution >= 4 is 11.0 Å². The lowest BCUT2D eigenvalue weighted by atomic mass is 10.0. The molecule has 5 heteroatoms. The molecule has 1 aromatic heterocycles. The summed E-state index contributed by atoms with van der Waals surface area (Å²) in [6, 6.07) is 16.4. The summed E-state index contributed by atoms with van der Waals surface area (Å²) in [5.74, 6) is 0.500. The highest BCUT2D eigenvalue weighted by Crippen LogP contribution is 2.29. The Hall–Kier alpha value is -3.05. The molecule has 0 fully saturated rings. The van der Waals surface area contributed by atoms with Crippen LogP contribution < -0.4 is 15.8 Å². The summed E-state index contributed by atoms with van der Waals surface area (Å²) in [7, 11) is 0. The van der Waals surface area contributed by atoms with Crippen LogP contribution in [0.25, 0.3) is 22.1 Å². The van der Waals surface area contributed by atoms with Crippen LogP contribution in [0.15, 0.2) is 75.8 Å². The maximum Gasteiger partial charge on any atom is 0.336 e. The molecular weight excluding hydrogens is 294 g/mol. The predicted octanol–water partition coefficient (Wildman–Crippen LogP) is 3.68. The minimum Gasteiger partial charge on any atom is -0.463 e. The first kappa shape index (κ1) is 14.9. The number of hydrogen-bond acceptors (Lipinski definition) is 5. The molecule has 0 bridgehead atoms. The molecule has 3 rings (SSSR count). The van der Waals surface area contributed by atoms with Gasteiger partial charge in [-0.2, -0.15) is 0 Å². The van der Waals surface area contributed by atoms with Crippen LogP contribution in [0, 0.1) is 0 Å². The van der Waals surface area contributed by atoms with Gasteiger partial charge in [0.15, 0.2) is 0 Å². The number of hydroxylamine groups is 1. The molecule has 0 saturated heterocycles. The summed E-state index contributed by atoms with van der Waals surface area (Å²) < 4.78 is 10.7. The lowest BCUT2D eigenvalue weighted by Crippen LogP contribution is -2.04. The standard InChI is InChI=1S/C18H15NO4/c1-12(19-21)11-22-14-7-8-15-16(13-5-3-2-4-6-13)10-18(20)23-17(15)9-14/h2-11,19,21H,1H3/b12-11+. The third kappa shape index (κ3) is 3.25. The van der Waals surface area contributed by atoms with Gasteiger partial charge in [-0.1, -0.05) is 30.3 Å². The highest BCUT2D eigenvalue weighted by molar-refractivity contribution is 5.93.